The van der Waals surface area contributed by atoms with Crippen molar-refractivity contribution in [2.24, 2.45) is 0 Å². The molecule has 2 atom stereocenters. The van der Waals surface area contributed by atoms with Crippen LogP contribution < -0.4 is 5.32 Å². The molecule has 0 radical (unpaired) electrons. The van der Waals surface area contributed by atoms with Crippen LogP contribution in [0, 0.1) is 0 Å². The molecule has 20 heavy (non-hydrogen) atoms. The minimum Gasteiger partial charge on any atom is -0.368 e. The normalized spacial score (nSPS) is 36.5. The van der Waals surface area contributed by atoms with Crippen molar-refractivity contribution in [1.82, 2.24) is 10.2 Å². The van der Waals surface area contributed by atoms with Gasteiger partial charge in [0.15, 0.2) is 0 Å². The summed E-state index contributed by atoms with van der Waals surface area (Å²) in [6, 6.07) is 2.10. The summed E-state index contributed by atoms with van der Waals surface area (Å²) >= 11 is 0. The molecule has 0 spiro atoms. The van der Waals surface area contributed by atoms with E-state index < -0.39 is 0 Å². The first-order valence-electron chi connectivity index (χ1n) is 8.57. The number of nitrogens with zero attached hydrogens (tertiary/aromatic N) is 1. The molecule has 0 bridgehead atoms. The second-order valence-electron chi connectivity index (χ2n) is 8.26. The van der Waals surface area contributed by atoms with Gasteiger partial charge in [0, 0.05) is 24.7 Å². The van der Waals surface area contributed by atoms with Gasteiger partial charge in [-0.2, -0.15) is 0 Å². The first kappa shape index (κ1) is 14.8. The highest BCUT2D eigenvalue weighted by molar-refractivity contribution is 5.04. The Morgan fingerprint density at radius 3 is 2.35 bits per heavy atom. The molecule has 2 aliphatic heterocycles. The lowest BCUT2D eigenvalue weighted by Gasteiger charge is -2.39. The molecule has 0 aromatic rings. The Kier molecular flexibility index (Phi) is 3.89. The molecule has 0 aromatic heterocycles. The van der Waals surface area contributed by atoms with Crippen LogP contribution in [0.2, 0.25) is 0 Å². The monoisotopic (exact) mass is 280 g/mol. The zero-order valence-corrected chi connectivity index (χ0v) is 13.7. The highest BCUT2D eigenvalue weighted by Gasteiger charge is 2.51. The first-order chi connectivity index (χ1) is 9.37. The highest BCUT2D eigenvalue weighted by atomic mass is 16.5. The van der Waals surface area contributed by atoms with Gasteiger partial charge in [-0.3, -0.25) is 4.90 Å². The molecule has 116 valence electrons. The molecule has 3 fully saturated rings. The predicted molar refractivity (Wildman–Crippen MR) is 83.0 cm³/mol. The van der Waals surface area contributed by atoms with Crippen molar-refractivity contribution in [3.63, 3.8) is 0 Å². The lowest BCUT2D eigenvalue weighted by molar-refractivity contribution is -0.0820. The van der Waals surface area contributed by atoms with E-state index in [1.807, 2.05) is 0 Å². The summed E-state index contributed by atoms with van der Waals surface area (Å²) in [7, 11) is 0. The third-order valence-electron chi connectivity index (χ3n) is 5.29. The molecule has 3 rings (SSSR count). The molecule has 2 saturated heterocycles. The van der Waals surface area contributed by atoms with Gasteiger partial charge in [0.1, 0.15) is 0 Å². The van der Waals surface area contributed by atoms with E-state index in [1.54, 1.807) is 0 Å². The quantitative estimate of drug-likeness (QED) is 0.857. The number of rotatable bonds is 4. The molecule has 1 aliphatic carbocycles. The zero-order valence-electron chi connectivity index (χ0n) is 13.7. The maximum absolute atomic E-state index is 6.33. The van der Waals surface area contributed by atoms with E-state index in [0.717, 1.165) is 6.04 Å². The van der Waals surface area contributed by atoms with Crippen LogP contribution in [-0.4, -0.2) is 47.3 Å². The number of piperidine rings is 1. The summed E-state index contributed by atoms with van der Waals surface area (Å²) in [4.78, 5) is 2.79. The minimum absolute atomic E-state index is 0.0131. The molecule has 3 nitrogen and oxygen atoms in total. The third kappa shape index (κ3) is 3.20. The molecule has 3 heteroatoms. The van der Waals surface area contributed by atoms with Gasteiger partial charge in [0.05, 0.1) is 11.2 Å². The maximum atomic E-state index is 6.33. The van der Waals surface area contributed by atoms with Crippen LogP contribution >= 0.6 is 0 Å². The molecule has 2 heterocycles. The van der Waals surface area contributed by atoms with E-state index in [-0.39, 0.29) is 11.2 Å². The molecular formula is C17H32N2O. The van der Waals surface area contributed by atoms with Crippen molar-refractivity contribution >= 4 is 0 Å². The van der Waals surface area contributed by atoms with Crippen molar-refractivity contribution in [3.05, 3.63) is 0 Å². The summed E-state index contributed by atoms with van der Waals surface area (Å²) in [6.07, 6.45) is 8.04. The molecular weight excluding hydrogens is 248 g/mol. The van der Waals surface area contributed by atoms with Crippen LogP contribution in [0.4, 0.5) is 0 Å². The van der Waals surface area contributed by atoms with E-state index in [9.17, 15) is 0 Å². The fourth-order valence-corrected chi connectivity index (χ4v) is 4.32. The number of nitrogens with one attached hydrogen (secondary N) is 1. The molecule has 0 amide bonds. The van der Waals surface area contributed by atoms with Crippen molar-refractivity contribution in [3.8, 4) is 0 Å². The van der Waals surface area contributed by atoms with E-state index in [4.69, 9.17) is 4.74 Å². The second kappa shape index (κ2) is 5.26. The summed E-state index contributed by atoms with van der Waals surface area (Å²) in [5.74, 6) is 0. The van der Waals surface area contributed by atoms with Gasteiger partial charge in [0.25, 0.3) is 0 Å². The Bertz CT molecular complexity index is 343. The van der Waals surface area contributed by atoms with Crippen LogP contribution in [0.25, 0.3) is 0 Å². The second-order valence-corrected chi connectivity index (χ2v) is 8.26. The van der Waals surface area contributed by atoms with Crippen LogP contribution in [0.5, 0.6) is 0 Å². The Morgan fingerprint density at radius 2 is 1.85 bits per heavy atom. The van der Waals surface area contributed by atoms with Gasteiger partial charge in [-0.25, -0.2) is 0 Å². The average molecular weight is 280 g/mol. The lowest BCUT2D eigenvalue weighted by atomic mass is 9.91. The highest BCUT2D eigenvalue weighted by Crippen LogP contribution is 2.43. The fraction of sp³-hybridized carbons (Fsp3) is 1.00. The maximum Gasteiger partial charge on any atom is 0.0789 e. The molecule has 1 N–H and O–H groups in total. The Hall–Kier alpha value is -0.120. The third-order valence-corrected chi connectivity index (χ3v) is 5.29. The zero-order chi connectivity index (χ0) is 14.4. The smallest absolute Gasteiger partial charge is 0.0789 e. The fourth-order valence-electron chi connectivity index (χ4n) is 4.32. The van der Waals surface area contributed by atoms with Crippen LogP contribution in [0.15, 0.2) is 0 Å². The lowest BCUT2D eigenvalue weighted by Crippen LogP contribution is -2.53. The number of hydrogen-bond acceptors (Lipinski definition) is 3. The van der Waals surface area contributed by atoms with E-state index >= 15 is 0 Å². The van der Waals surface area contributed by atoms with Gasteiger partial charge in [-0.05, 0) is 66.3 Å². The largest absolute Gasteiger partial charge is 0.368 e. The molecule has 1 saturated carbocycles. The van der Waals surface area contributed by atoms with Crippen LogP contribution in [-0.2, 0) is 4.74 Å². The Morgan fingerprint density at radius 1 is 1.10 bits per heavy atom. The minimum atomic E-state index is -0.0131. The Labute approximate surface area is 124 Å². The molecule has 0 aromatic carbocycles. The summed E-state index contributed by atoms with van der Waals surface area (Å²) in [6.45, 7) is 11.5. The summed E-state index contributed by atoms with van der Waals surface area (Å²) < 4.78 is 6.33. The van der Waals surface area contributed by atoms with Crippen molar-refractivity contribution < 1.29 is 4.74 Å². The average Bonchev–Trinajstić information content (AvgIpc) is 3.14. The topological polar surface area (TPSA) is 24.5 Å². The summed E-state index contributed by atoms with van der Waals surface area (Å²) in [5.41, 5.74) is 0.0159. The molecule has 2 unspecified atom stereocenters. The van der Waals surface area contributed by atoms with E-state index in [0.29, 0.717) is 12.1 Å². The standard InChI is InChI=1S/C17H32N2O/c1-16(2)11-15(17(3,4)20-16)19(14-8-9-14)12-13-7-5-6-10-18-13/h13-15,18H,5-12H2,1-4H3. The van der Waals surface area contributed by atoms with Gasteiger partial charge in [0.2, 0.25) is 0 Å². The van der Waals surface area contributed by atoms with Crippen LogP contribution in [0.1, 0.15) is 66.2 Å². The van der Waals surface area contributed by atoms with Crippen LogP contribution in [0.3, 0.4) is 0 Å². The van der Waals surface area contributed by atoms with Gasteiger partial charge >= 0.3 is 0 Å². The van der Waals surface area contributed by atoms with Crippen molar-refractivity contribution in [2.45, 2.75) is 95.5 Å². The number of hydrogen-bond donors (Lipinski definition) is 1. The van der Waals surface area contributed by atoms with Crippen molar-refractivity contribution in [2.75, 3.05) is 13.1 Å². The Balaban J connectivity index is 1.70. The van der Waals surface area contributed by atoms with E-state index in [1.165, 1.54) is 51.6 Å². The predicted octanol–water partition coefficient (Wildman–Crippen LogP) is 2.94. The van der Waals surface area contributed by atoms with E-state index in [2.05, 4.69) is 37.9 Å². The van der Waals surface area contributed by atoms with Crippen molar-refractivity contribution in [1.29, 1.82) is 0 Å². The van der Waals surface area contributed by atoms with Gasteiger partial charge < -0.3 is 10.1 Å². The first-order valence-corrected chi connectivity index (χ1v) is 8.57. The van der Waals surface area contributed by atoms with Gasteiger partial charge in [-0.15, -0.1) is 0 Å². The number of ether oxygens (including phenoxy) is 1. The van der Waals surface area contributed by atoms with Gasteiger partial charge in [-0.1, -0.05) is 6.42 Å². The SMILES string of the molecule is CC1(C)CC(N(CC2CCCCN2)C2CC2)C(C)(C)O1. The summed E-state index contributed by atoms with van der Waals surface area (Å²) in [5, 5.41) is 3.72. The molecule has 3 aliphatic rings.